The Morgan fingerprint density at radius 2 is 2.00 bits per heavy atom. The second-order valence-corrected chi connectivity index (χ2v) is 4.28. The number of halogens is 1. The van der Waals surface area contributed by atoms with Crippen LogP contribution in [0.25, 0.3) is 0 Å². The van der Waals surface area contributed by atoms with E-state index in [2.05, 4.69) is 0 Å². The van der Waals surface area contributed by atoms with Gasteiger partial charge in [0.2, 0.25) is 0 Å². The Morgan fingerprint density at radius 3 is 2.62 bits per heavy atom. The molecular weight excluding hydrogens is 209 g/mol. The molecule has 0 radical (unpaired) electrons. The van der Waals surface area contributed by atoms with Crippen LogP contribution in [0.1, 0.15) is 12.0 Å². The van der Waals surface area contributed by atoms with Crippen molar-refractivity contribution in [2.45, 2.75) is 25.1 Å². The average Bonchev–Trinajstić information content (AvgIpc) is 2.62. The number of nitrogens with zero attached hydrogens (tertiary/aromatic N) is 1. The third-order valence-electron chi connectivity index (χ3n) is 3.02. The minimum Gasteiger partial charge on any atom is -0.395 e. The minimum absolute atomic E-state index is 0.0139. The summed E-state index contributed by atoms with van der Waals surface area (Å²) in [6.45, 7) is 1.27. The maximum absolute atomic E-state index is 12.7. The molecule has 2 N–H and O–H groups in total. The van der Waals surface area contributed by atoms with Crippen LogP contribution in [0.2, 0.25) is 0 Å². The van der Waals surface area contributed by atoms with E-state index < -0.39 is 0 Å². The highest BCUT2D eigenvalue weighted by Gasteiger charge is 2.29. The van der Waals surface area contributed by atoms with Crippen molar-refractivity contribution < 1.29 is 14.6 Å². The van der Waals surface area contributed by atoms with Crippen LogP contribution in [0.4, 0.5) is 4.39 Å². The number of β-amino-alcohol motifs (C(OH)–C–C–N with tert-alkyl or cyclic N) is 1. The highest BCUT2D eigenvalue weighted by atomic mass is 19.1. The summed E-state index contributed by atoms with van der Waals surface area (Å²) < 4.78 is 12.7. The molecule has 16 heavy (non-hydrogen) atoms. The molecule has 1 aliphatic rings. The number of hydrogen-bond acceptors (Lipinski definition) is 3. The van der Waals surface area contributed by atoms with E-state index >= 15 is 0 Å². The highest BCUT2D eigenvalue weighted by Crippen LogP contribution is 2.20. The number of likely N-dealkylation sites (tertiary alicyclic amines) is 1. The van der Waals surface area contributed by atoms with Gasteiger partial charge in [-0.3, -0.25) is 4.90 Å². The first-order valence-corrected chi connectivity index (χ1v) is 5.46. The lowest BCUT2D eigenvalue weighted by Gasteiger charge is -2.22. The van der Waals surface area contributed by atoms with Gasteiger partial charge in [-0.1, -0.05) is 12.1 Å². The van der Waals surface area contributed by atoms with Crippen molar-refractivity contribution in [2.24, 2.45) is 0 Å². The maximum Gasteiger partial charge on any atom is 0.123 e. The van der Waals surface area contributed by atoms with Gasteiger partial charge in [0.1, 0.15) is 5.82 Å². The lowest BCUT2D eigenvalue weighted by atomic mass is 10.2. The minimum atomic E-state index is -0.363. The molecule has 1 aromatic rings. The summed E-state index contributed by atoms with van der Waals surface area (Å²) in [7, 11) is 0. The molecule has 2 atom stereocenters. The molecular formula is C12H16FNO2. The van der Waals surface area contributed by atoms with E-state index in [4.69, 9.17) is 5.11 Å². The Labute approximate surface area is 94.1 Å². The van der Waals surface area contributed by atoms with Gasteiger partial charge in [-0.2, -0.15) is 0 Å². The van der Waals surface area contributed by atoms with Gasteiger partial charge in [0.25, 0.3) is 0 Å². The van der Waals surface area contributed by atoms with Crippen LogP contribution in [0, 0.1) is 5.82 Å². The molecule has 1 saturated heterocycles. The normalized spacial score (nSPS) is 26.2. The fourth-order valence-corrected chi connectivity index (χ4v) is 2.17. The second-order valence-electron chi connectivity index (χ2n) is 4.28. The molecule has 3 nitrogen and oxygen atoms in total. The quantitative estimate of drug-likeness (QED) is 0.798. The van der Waals surface area contributed by atoms with Crippen LogP contribution in [0.15, 0.2) is 24.3 Å². The Balaban J connectivity index is 2.01. The summed E-state index contributed by atoms with van der Waals surface area (Å²) in [5.41, 5.74) is 0.994. The van der Waals surface area contributed by atoms with Crippen molar-refractivity contribution in [3.05, 3.63) is 35.6 Å². The van der Waals surface area contributed by atoms with E-state index in [0.29, 0.717) is 19.5 Å². The smallest absolute Gasteiger partial charge is 0.123 e. The maximum atomic E-state index is 12.7. The number of hydrogen-bond donors (Lipinski definition) is 2. The van der Waals surface area contributed by atoms with Gasteiger partial charge in [-0.25, -0.2) is 4.39 Å². The molecule has 0 bridgehead atoms. The predicted octanol–water partition coefficient (Wildman–Crippen LogP) is 0.753. The first-order valence-electron chi connectivity index (χ1n) is 5.46. The van der Waals surface area contributed by atoms with Gasteiger partial charge in [-0.05, 0) is 24.1 Å². The van der Waals surface area contributed by atoms with Crippen LogP contribution in [-0.2, 0) is 6.54 Å². The Hall–Kier alpha value is -0.970. The average molecular weight is 225 g/mol. The molecule has 4 heteroatoms. The van der Waals surface area contributed by atoms with Crippen molar-refractivity contribution in [2.75, 3.05) is 13.2 Å². The molecule has 88 valence electrons. The standard InChI is InChI=1S/C12H16FNO2/c13-10-3-1-9(2-4-10)6-14-7-12(16)5-11(14)8-15/h1-4,11-12,15-16H,5-8H2/t11-,12-/m0/s1. The number of rotatable bonds is 3. The molecule has 0 saturated carbocycles. The van der Waals surface area contributed by atoms with Crippen LogP contribution < -0.4 is 0 Å². The van der Waals surface area contributed by atoms with Crippen LogP contribution in [0.3, 0.4) is 0 Å². The number of benzene rings is 1. The third kappa shape index (κ3) is 2.58. The molecule has 0 spiro atoms. The van der Waals surface area contributed by atoms with Gasteiger partial charge in [0.15, 0.2) is 0 Å². The molecule has 2 rings (SSSR count). The monoisotopic (exact) mass is 225 g/mol. The Bertz CT molecular complexity index is 341. The zero-order chi connectivity index (χ0) is 11.5. The fraction of sp³-hybridized carbons (Fsp3) is 0.500. The molecule has 1 heterocycles. The van der Waals surface area contributed by atoms with Crippen LogP contribution in [-0.4, -0.2) is 40.4 Å². The summed E-state index contributed by atoms with van der Waals surface area (Å²) >= 11 is 0. The highest BCUT2D eigenvalue weighted by molar-refractivity contribution is 5.16. The van der Waals surface area contributed by atoms with Gasteiger partial charge < -0.3 is 10.2 Å². The largest absolute Gasteiger partial charge is 0.395 e. The zero-order valence-electron chi connectivity index (χ0n) is 9.01. The van der Waals surface area contributed by atoms with E-state index in [9.17, 15) is 9.50 Å². The van der Waals surface area contributed by atoms with E-state index in [-0.39, 0.29) is 24.6 Å². The lowest BCUT2D eigenvalue weighted by molar-refractivity contribution is 0.150. The van der Waals surface area contributed by atoms with E-state index in [1.54, 1.807) is 12.1 Å². The van der Waals surface area contributed by atoms with Gasteiger partial charge in [0.05, 0.1) is 12.7 Å². The van der Waals surface area contributed by atoms with Crippen LogP contribution >= 0.6 is 0 Å². The SMILES string of the molecule is OC[C@@H]1C[C@H](O)CN1Cc1ccc(F)cc1. The summed E-state index contributed by atoms with van der Waals surface area (Å²) in [5, 5.41) is 18.7. The van der Waals surface area contributed by atoms with Gasteiger partial charge >= 0.3 is 0 Å². The van der Waals surface area contributed by atoms with Gasteiger partial charge in [-0.15, -0.1) is 0 Å². The topological polar surface area (TPSA) is 43.7 Å². The lowest BCUT2D eigenvalue weighted by Crippen LogP contribution is -2.31. The van der Waals surface area contributed by atoms with Crippen molar-refractivity contribution in [3.8, 4) is 0 Å². The second kappa shape index (κ2) is 4.91. The van der Waals surface area contributed by atoms with E-state index in [0.717, 1.165) is 5.56 Å². The molecule has 1 aromatic carbocycles. The first kappa shape index (κ1) is 11.5. The van der Waals surface area contributed by atoms with Crippen molar-refractivity contribution >= 4 is 0 Å². The zero-order valence-corrected chi connectivity index (χ0v) is 9.01. The predicted molar refractivity (Wildman–Crippen MR) is 58.3 cm³/mol. The summed E-state index contributed by atoms with van der Waals surface area (Å²) in [6, 6.07) is 6.33. The summed E-state index contributed by atoms with van der Waals surface area (Å²) in [6.07, 6.45) is 0.245. The molecule has 1 aliphatic heterocycles. The number of aliphatic hydroxyl groups is 2. The van der Waals surface area contributed by atoms with E-state index in [1.165, 1.54) is 12.1 Å². The molecule has 0 unspecified atom stereocenters. The van der Waals surface area contributed by atoms with Gasteiger partial charge in [0, 0.05) is 19.1 Å². The molecule has 1 fully saturated rings. The number of aliphatic hydroxyl groups excluding tert-OH is 2. The Morgan fingerprint density at radius 1 is 1.31 bits per heavy atom. The summed E-state index contributed by atoms with van der Waals surface area (Å²) in [5.74, 6) is -0.246. The summed E-state index contributed by atoms with van der Waals surface area (Å²) in [4.78, 5) is 2.03. The van der Waals surface area contributed by atoms with Crippen molar-refractivity contribution in [1.29, 1.82) is 0 Å². The molecule has 0 aromatic heterocycles. The molecule has 0 aliphatic carbocycles. The first-order chi connectivity index (χ1) is 7.69. The fourth-order valence-electron chi connectivity index (χ4n) is 2.17. The van der Waals surface area contributed by atoms with Crippen molar-refractivity contribution in [1.82, 2.24) is 4.90 Å². The van der Waals surface area contributed by atoms with E-state index in [1.807, 2.05) is 4.90 Å². The molecule has 0 amide bonds. The Kier molecular flexibility index (Phi) is 3.53. The third-order valence-corrected chi connectivity index (χ3v) is 3.02. The van der Waals surface area contributed by atoms with Crippen LogP contribution in [0.5, 0.6) is 0 Å². The van der Waals surface area contributed by atoms with Crippen molar-refractivity contribution in [3.63, 3.8) is 0 Å².